The lowest BCUT2D eigenvalue weighted by Gasteiger charge is -2.31. The SMILES string of the molecule is O=P(CCc1ccncc1)(c1ccccc1)C1CCCCC1. The molecule has 0 aliphatic heterocycles. The fourth-order valence-corrected chi connectivity index (χ4v) is 7.06. The molecule has 0 saturated heterocycles. The quantitative estimate of drug-likeness (QED) is 0.752. The highest BCUT2D eigenvalue weighted by Gasteiger charge is 2.34. The number of aryl methyl sites for hydroxylation is 1. The molecule has 0 radical (unpaired) electrons. The average molecular weight is 313 g/mol. The summed E-state index contributed by atoms with van der Waals surface area (Å²) in [7, 11) is -2.33. The first-order valence-corrected chi connectivity index (χ1v) is 10.3. The Morgan fingerprint density at radius 3 is 2.32 bits per heavy atom. The van der Waals surface area contributed by atoms with E-state index in [1.807, 2.05) is 42.7 Å². The van der Waals surface area contributed by atoms with Gasteiger partial charge in [0.25, 0.3) is 0 Å². The Bertz CT molecular complexity index is 620. The van der Waals surface area contributed by atoms with Crippen LogP contribution >= 0.6 is 7.14 Å². The zero-order valence-corrected chi connectivity index (χ0v) is 13.9. The van der Waals surface area contributed by atoms with Crippen LogP contribution in [0.2, 0.25) is 0 Å². The Balaban J connectivity index is 1.84. The van der Waals surface area contributed by atoms with E-state index in [1.54, 1.807) is 0 Å². The summed E-state index contributed by atoms with van der Waals surface area (Å²) in [5.41, 5.74) is 1.62. The monoisotopic (exact) mass is 313 g/mol. The van der Waals surface area contributed by atoms with E-state index in [9.17, 15) is 4.57 Å². The first-order chi connectivity index (χ1) is 10.8. The standard InChI is InChI=1S/C19H24NOP/c21-22(18-7-3-1-4-8-18,19-9-5-2-6-10-19)16-13-17-11-14-20-15-12-17/h1,3-4,7-8,11-12,14-15,19H,2,5-6,9-10,13,16H2. The molecule has 116 valence electrons. The second-order valence-corrected chi connectivity index (χ2v) is 9.54. The molecule has 0 N–H and O–H groups in total. The van der Waals surface area contributed by atoms with Crippen molar-refractivity contribution >= 4 is 12.4 Å². The molecule has 1 saturated carbocycles. The minimum atomic E-state index is -2.33. The van der Waals surface area contributed by atoms with Gasteiger partial charge in [-0.15, -0.1) is 0 Å². The fourth-order valence-electron chi connectivity index (χ4n) is 3.55. The summed E-state index contributed by atoms with van der Waals surface area (Å²) in [4.78, 5) is 4.07. The van der Waals surface area contributed by atoms with Crippen LogP contribution < -0.4 is 5.30 Å². The van der Waals surface area contributed by atoms with E-state index in [4.69, 9.17) is 0 Å². The van der Waals surface area contributed by atoms with Crippen molar-refractivity contribution in [2.75, 3.05) is 6.16 Å². The maximum atomic E-state index is 13.9. The molecule has 2 nitrogen and oxygen atoms in total. The zero-order valence-electron chi connectivity index (χ0n) is 13.0. The van der Waals surface area contributed by atoms with Crippen molar-refractivity contribution in [3.05, 3.63) is 60.4 Å². The molecule has 1 aromatic carbocycles. The van der Waals surface area contributed by atoms with E-state index in [1.165, 1.54) is 24.8 Å². The molecule has 3 rings (SSSR count). The lowest BCUT2D eigenvalue weighted by atomic mass is 10.0. The molecular formula is C19H24NOP. The van der Waals surface area contributed by atoms with Crippen molar-refractivity contribution in [1.29, 1.82) is 0 Å². The third-order valence-electron chi connectivity index (χ3n) is 4.84. The summed E-state index contributed by atoms with van der Waals surface area (Å²) < 4.78 is 13.9. The molecular weight excluding hydrogens is 289 g/mol. The van der Waals surface area contributed by atoms with Crippen LogP contribution in [0, 0.1) is 0 Å². The molecule has 2 aromatic rings. The number of hydrogen-bond acceptors (Lipinski definition) is 2. The summed E-state index contributed by atoms with van der Waals surface area (Å²) in [5.74, 6) is 0. The van der Waals surface area contributed by atoms with Gasteiger partial charge in [0.15, 0.2) is 0 Å². The third kappa shape index (κ3) is 3.50. The zero-order chi connectivity index (χ0) is 15.3. The van der Waals surface area contributed by atoms with Crippen molar-refractivity contribution in [3.8, 4) is 0 Å². The minimum Gasteiger partial charge on any atom is -0.318 e. The summed E-state index contributed by atoms with van der Waals surface area (Å²) >= 11 is 0. The molecule has 1 heterocycles. The lowest BCUT2D eigenvalue weighted by molar-refractivity contribution is 0.486. The summed E-state index contributed by atoms with van der Waals surface area (Å²) in [6.45, 7) is 0. The Labute approximate surface area is 133 Å². The first-order valence-electron chi connectivity index (χ1n) is 8.32. The smallest absolute Gasteiger partial charge is 0.118 e. The van der Waals surface area contributed by atoms with Gasteiger partial charge >= 0.3 is 0 Å². The van der Waals surface area contributed by atoms with E-state index < -0.39 is 7.14 Å². The molecule has 0 bridgehead atoms. The van der Waals surface area contributed by atoms with Crippen LogP contribution in [-0.2, 0) is 11.0 Å². The molecule has 1 fully saturated rings. The van der Waals surface area contributed by atoms with E-state index in [0.29, 0.717) is 5.66 Å². The maximum Gasteiger partial charge on any atom is 0.118 e. The van der Waals surface area contributed by atoms with Gasteiger partial charge in [-0.25, -0.2) is 0 Å². The summed E-state index contributed by atoms with van der Waals surface area (Å²) in [5, 5.41) is 1.08. The number of nitrogens with zero attached hydrogens (tertiary/aromatic N) is 1. The van der Waals surface area contributed by atoms with Gasteiger partial charge in [-0.1, -0.05) is 49.6 Å². The Hall–Kier alpha value is -1.40. The highest BCUT2D eigenvalue weighted by atomic mass is 31.2. The molecule has 3 heteroatoms. The molecule has 1 aliphatic rings. The van der Waals surface area contributed by atoms with Crippen LogP contribution in [0.1, 0.15) is 37.7 Å². The Morgan fingerprint density at radius 1 is 0.955 bits per heavy atom. The van der Waals surface area contributed by atoms with Crippen molar-refractivity contribution < 1.29 is 4.57 Å². The van der Waals surface area contributed by atoms with Crippen molar-refractivity contribution in [2.24, 2.45) is 0 Å². The second kappa shape index (κ2) is 7.24. The number of hydrogen-bond donors (Lipinski definition) is 0. The third-order valence-corrected chi connectivity index (χ3v) is 8.60. The normalized spacial score (nSPS) is 18.7. The number of rotatable bonds is 5. The van der Waals surface area contributed by atoms with Crippen LogP contribution in [0.25, 0.3) is 0 Å². The van der Waals surface area contributed by atoms with Crippen LogP contribution in [-0.4, -0.2) is 16.8 Å². The summed E-state index contributed by atoms with van der Waals surface area (Å²) in [6, 6.07) is 14.3. The largest absolute Gasteiger partial charge is 0.318 e. The van der Waals surface area contributed by atoms with Crippen LogP contribution in [0.15, 0.2) is 54.9 Å². The predicted molar refractivity (Wildman–Crippen MR) is 93.4 cm³/mol. The molecule has 1 aromatic heterocycles. The number of benzene rings is 1. The van der Waals surface area contributed by atoms with Crippen LogP contribution in [0.4, 0.5) is 0 Å². The predicted octanol–water partition coefficient (Wildman–Crippen LogP) is 4.65. The highest BCUT2D eigenvalue weighted by molar-refractivity contribution is 7.72. The minimum absolute atomic E-state index is 0.380. The van der Waals surface area contributed by atoms with Gasteiger partial charge in [-0.3, -0.25) is 4.98 Å². The molecule has 1 aliphatic carbocycles. The lowest BCUT2D eigenvalue weighted by Crippen LogP contribution is -2.23. The van der Waals surface area contributed by atoms with E-state index in [0.717, 1.165) is 30.7 Å². The second-order valence-electron chi connectivity index (χ2n) is 6.25. The Kier molecular flexibility index (Phi) is 5.10. The Morgan fingerprint density at radius 2 is 1.64 bits per heavy atom. The maximum absolute atomic E-state index is 13.9. The van der Waals surface area contributed by atoms with Gasteiger partial charge in [0.2, 0.25) is 0 Å². The van der Waals surface area contributed by atoms with Crippen molar-refractivity contribution in [3.63, 3.8) is 0 Å². The van der Waals surface area contributed by atoms with Gasteiger partial charge in [0, 0.05) is 29.5 Å². The molecule has 1 unspecified atom stereocenters. The average Bonchev–Trinajstić information content (AvgIpc) is 2.62. The van der Waals surface area contributed by atoms with Gasteiger partial charge < -0.3 is 4.57 Å². The molecule has 0 spiro atoms. The van der Waals surface area contributed by atoms with Crippen LogP contribution in [0.5, 0.6) is 0 Å². The van der Waals surface area contributed by atoms with Gasteiger partial charge in [-0.05, 0) is 37.0 Å². The van der Waals surface area contributed by atoms with E-state index in [2.05, 4.69) is 17.1 Å². The van der Waals surface area contributed by atoms with Crippen molar-refractivity contribution in [2.45, 2.75) is 44.2 Å². The number of aromatic nitrogens is 1. The molecule has 1 atom stereocenters. The fraction of sp³-hybridized carbons (Fsp3) is 0.421. The first kappa shape index (κ1) is 15.5. The van der Waals surface area contributed by atoms with E-state index in [-0.39, 0.29) is 0 Å². The van der Waals surface area contributed by atoms with Crippen molar-refractivity contribution in [1.82, 2.24) is 4.98 Å². The van der Waals surface area contributed by atoms with Crippen LogP contribution in [0.3, 0.4) is 0 Å². The van der Waals surface area contributed by atoms with E-state index >= 15 is 0 Å². The van der Waals surface area contributed by atoms with Gasteiger partial charge in [0.05, 0.1) is 0 Å². The van der Waals surface area contributed by atoms with Gasteiger partial charge in [0.1, 0.15) is 7.14 Å². The summed E-state index contributed by atoms with van der Waals surface area (Å²) in [6.07, 6.45) is 11.3. The highest BCUT2D eigenvalue weighted by Crippen LogP contribution is 2.54. The van der Waals surface area contributed by atoms with Gasteiger partial charge in [-0.2, -0.15) is 0 Å². The number of pyridine rings is 1. The molecule has 0 amide bonds. The topological polar surface area (TPSA) is 30.0 Å². The molecule has 22 heavy (non-hydrogen) atoms.